The van der Waals surface area contributed by atoms with Gasteiger partial charge in [-0.05, 0) is 26.3 Å². The lowest BCUT2D eigenvalue weighted by molar-refractivity contribution is -0.143. The SMILES string of the molecule is CC(NC(=O)C(CC(N)=O)NC(=O)C1CCCN1)C(=O)NC(CO)C(=O)O. The normalized spacial score (nSPS) is 19.4. The monoisotopic (exact) mass is 387 g/mol. The Morgan fingerprint density at radius 1 is 1.11 bits per heavy atom. The van der Waals surface area contributed by atoms with Gasteiger partial charge in [0.15, 0.2) is 0 Å². The Balaban J connectivity index is 2.68. The summed E-state index contributed by atoms with van der Waals surface area (Å²) >= 11 is 0. The second kappa shape index (κ2) is 10.4. The molecule has 8 N–H and O–H groups in total. The Hall–Kier alpha value is -2.73. The minimum atomic E-state index is -1.52. The van der Waals surface area contributed by atoms with Gasteiger partial charge in [-0.1, -0.05) is 0 Å². The van der Waals surface area contributed by atoms with Gasteiger partial charge in [0.2, 0.25) is 23.6 Å². The summed E-state index contributed by atoms with van der Waals surface area (Å²) in [5.41, 5.74) is 5.11. The lowest BCUT2D eigenvalue weighted by Crippen LogP contribution is -2.57. The van der Waals surface area contributed by atoms with Crippen LogP contribution in [0.25, 0.3) is 0 Å². The molecule has 12 heteroatoms. The molecule has 0 aromatic heterocycles. The van der Waals surface area contributed by atoms with Crippen LogP contribution in [0.1, 0.15) is 26.2 Å². The van der Waals surface area contributed by atoms with E-state index in [1.165, 1.54) is 6.92 Å². The van der Waals surface area contributed by atoms with E-state index in [2.05, 4.69) is 16.0 Å². The average Bonchev–Trinajstić information content (AvgIpc) is 3.12. The molecule has 0 radical (unpaired) electrons. The number of nitrogens with one attached hydrogen (secondary N) is 4. The van der Waals surface area contributed by atoms with Crippen molar-refractivity contribution in [2.45, 2.75) is 50.4 Å². The molecule has 0 spiro atoms. The molecule has 0 aromatic rings. The summed E-state index contributed by atoms with van der Waals surface area (Å²) in [6.45, 7) is 1.12. The van der Waals surface area contributed by atoms with Crippen molar-refractivity contribution >= 4 is 29.6 Å². The average molecular weight is 387 g/mol. The van der Waals surface area contributed by atoms with Gasteiger partial charge >= 0.3 is 5.97 Å². The molecular formula is C15H25N5O7. The van der Waals surface area contributed by atoms with Crippen LogP contribution in [0.3, 0.4) is 0 Å². The number of hydrogen-bond donors (Lipinski definition) is 7. The summed E-state index contributed by atoms with van der Waals surface area (Å²) in [7, 11) is 0. The minimum Gasteiger partial charge on any atom is -0.480 e. The van der Waals surface area contributed by atoms with Crippen molar-refractivity contribution in [1.29, 1.82) is 0 Å². The number of aliphatic carboxylic acids is 1. The van der Waals surface area contributed by atoms with Gasteiger partial charge in [0.25, 0.3) is 0 Å². The quantitative estimate of drug-likeness (QED) is 0.197. The van der Waals surface area contributed by atoms with E-state index in [0.29, 0.717) is 13.0 Å². The molecular weight excluding hydrogens is 362 g/mol. The Kier molecular flexibility index (Phi) is 8.62. The molecule has 27 heavy (non-hydrogen) atoms. The van der Waals surface area contributed by atoms with Crippen LogP contribution in [-0.2, 0) is 24.0 Å². The third-order valence-corrected chi connectivity index (χ3v) is 3.96. The van der Waals surface area contributed by atoms with Crippen LogP contribution < -0.4 is 27.0 Å². The molecule has 4 atom stereocenters. The number of carboxylic acids is 1. The Bertz CT molecular complexity index is 591. The number of aliphatic hydroxyl groups excluding tert-OH is 1. The molecule has 0 aromatic carbocycles. The van der Waals surface area contributed by atoms with Crippen LogP contribution in [0.5, 0.6) is 0 Å². The van der Waals surface area contributed by atoms with Gasteiger partial charge < -0.3 is 37.2 Å². The zero-order valence-corrected chi connectivity index (χ0v) is 14.9. The van der Waals surface area contributed by atoms with Crippen LogP contribution in [0.4, 0.5) is 0 Å². The summed E-state index contributed by atoms with van der Waals surface area (Å²) in [6, 6.07) is -4.45. The summed E-state index contributed by atoms with van der Waals surface area (Å²) in [4.78, 5) is 58.4. The fraction of sp³-hybridized carbons (Fsp3) is 0.667. The largest absolute Gasteiger partial charge is 0.480 e. The summed E-state index contributed by atoms with van der Waals surface area (Å²) in [5, 5.41) is 27.4. The number of rotatable bonds is 10. The van der Waals surface area contributed by atoms with Gasteiger partial charge in [-0.2, -0.15) is 0 Å². The van der Waals surface area contributed by atoms with Crippen LogP contribution >= 0.6 is 0 Å². The molecule has 1 aliphatic rings. The maximum absolute atomic E-state index is 12.3. The molecule has 0 aliphatic carbocycles. The third kappa shape index (κ3) is 7.19. The van der Waals surface area contributed by atoms with E-state index in [-0.39, 0.29) is 0 Å². The number of primary amides is 1. The topological polar surface area (TPSA) is 200 Å². The smallest absolute Gasteiger partial charge is 0.328 e. The molecule has 152 valence electrons. The lowest BCUT2D eigenvalue weighted by Gasteiger charge is -2.22. The van der Waals surface area contributed by atoms with E-state index in [9.17, 15) is 24.0 Å². The van der Waals surface area contributed by atoms with Crippen molar-refractivity contribution in [2.75, 3.05) is 13.2 Å². The third-order valence-electron chi connectivity index (χ3n) is 3.96. The van der Waals surface area contributed by atoms with E-state index in [4.69, 9.17) is 15.9 Å². The van der Waals surface area contributed by atoms with Crippen LogP contribution in [0.15, 0.2) is 0 Å². The number of carboxylic acid groups (broad SMARTS) is 1. The van der Waals surface area contributed by atoms with Crippen LogP contribution in [-0.4, -0.2) is 77.1 Å². The summed E-state index contributed by atoms with van der Waals surface area (Å²) < 4.78 is 0. The molecule has 0 bridgehead atoms. The zero-order valence-electron chi connectivity index (χ0n) is 14.9. The van der Waals surface area contributed by atoms with E-state index < -0.39 is 66.8 Å². The van der Waals surface area contributed by atoms with Crippen LogP contribution in [0.2, 0.25) is 0 Å². The van der Waals surface area contributed by atoms with Crippen molar-refractivity contribution in [2.24, 2.45) is 5.73 Å². The van der Waals surface area contributed by atoms with Crippen molar-refractivity contribution in [3.8, 4) is 0 Å². The number of aliphatic hydroxyl groups is 1. The minimum absolute atomic E-state index is 0.461. The maximum atomic E-state index is 12.3. The fourth-order valence-electron chi connectivity index (χ4n) is 2.45. The van der Waals surface area contributed by atoms with Crippen molar-refractivity contribution in [3.63, 3.8) is 0 Å². The molecule has 1 fully saturated rings. The van der Waals surface area contributed by atoms with Gasteiger partial charge in [0, 0.05) is 0 Å². The van der Waals surface area contributed by atoms with Crippen molar-refractivity contribution < 1.29 is 34.2 Å². The molecule has 1 heterocycles. The van der Waals surface area contributed by atoms with Gasteiger partial charge in [0.1, 0.15) is 18.1 Å². The first-order valence-electron chi connectivity index (χ1n) is 8.42. The van der Waals surface area contributed by atoms with Gasteiger partial charge in [-0.25, -0.2) is 4.79 Å². The molecule has 4 amide bonds. The molecule has 4 unspecified atom stereocenters. The summed E-state index contributed by atoms with van der Waals surface area (Å²) in [6.07, 6.45) is 0.928. The second-order valence-corrected chi connectivity index (χ2v) is 6.19. The highest BCUT2D eigenvalue weighted by Gasteiger charge is 2.30. The lowest BCUT2D eigenvalue weighted by atomic mass is 10.1. The Morgan fingerprint density at radius 2 is 1.78 bits per heavy atom. The second-order valence-electron chi connectivity index (χ2n) is 6.19. The molecule has 1 aliphatic heterocycles. The zero-order chi connectivity index (χ0) is 20.6. The first-order valence-corrected chi connectivity index (χ1v) is 8.42. The summed E-state index contributed by atoms with van der Waals surface area (Å²) in [5.74, 6) is -4.40. The number of nitrogens with two attached hydrogens (primary N) is 1. The van der Waals surface area contributed by atoms with Gasteiger partial charge in [0.05, 0.1) is 19.1 Å². The fourth-order valence-corrected chi connectivity index (χ4v) is 2.45. The van der Waals surface area contributed by atoms with E-state index >= 15 is 0 Å². The predicted molar refractivity (Wildman–Crippen MR) is 91.0 cm³/mol. The maximum Gasteiger partial charge on any atom is 0.328 e. The number of amides is 4. The standard InChI is InChI=1S/C15H25N5O7/c1-7(12(23)20-10(6-21)15(26)27)18-14(25)9(5-11(16)22)19-13(24)8-3-2-4-17-8/h7-10,17,21H,2-6H2,1H3,(H2,16,22)(H,18,25)(H,19,24)(H,20,23)(H,26,27). The Morgan fingerprint density at radius 3 is 2.26 bits per heavy atom. The molecule has 0 saturated carbocycles. The number of carbonyl (C=O) groups is 5. The molecule has 1 saturated heterocycles. The van der Waals surface area contributed by atoms with E-state index in [1.807, 2.05) is 5.32 Å². The number of hydrogen-bond acceptors (Lipinski definition) is 7. The van der Waals surface area contributed by atoms with Crippen molar-refractivity contribution in [3.05, 3.63) is 0 Å². The highest BCUT2D eigenvalue weighted by Crippen LogP contribution is 2.06. The molecule has 12 nitrogen and oxygen atoms in total. The first kappa shape index (κ1) is 22.3. The van der Waals surface area contributed by atoms with E-state index in [1.54, 1.807) is 0 Å². The van der Waals surface area contributed by atoms with Crippen molar-refractivity contribution in [1.82, 2.24) is 21.3 Å². The Labute approximate surface area is 155 Å². The highest BCUT2D eigenvalue weighted by molar-refractivity contribution is 5.96. The van der Waals surface area contributed by atoms with Gasteiger partial charge in [-0.15, -0.1) is 0 Å². The van der Waals surface area contributed by atoms with Crippen LogP contribution in [0, 0.1) is 0 Å². The number of carbonyl (C=O) groups excluding carboxylic acids is 4. The van der Waals surface area contributed by atoms with E-state index in [0.717, 1.165) is 6.42 Å². The first-order chi connectivity index (χ1) is 12.6. The molecule has 1 rings (SSSR count). The van der Waals surface area contributed by atoms with Gasteiger partial charge in [-0.3, -0.25) is 19.2 Å². The highest BCUT2D eigenvalue weighted by atomic mass is 16.4. The predicted octanol–water partition coefficient (Wildman–Crippen LogP) is -3.83.